The predicted octanol–water partition coefficient (Wildman–Crippen LogP) is 3.21. The number of hydrogen-bond donors (Lipinski definition) is 2. The lowest BCUT2D eigenvalue weighted by Gasteiger charge is -2.17. The summed E-state index contributed by atoms with van der Waals surface area (Å²) >= 11 is 0. The minimum Gasteiger partial charge on any atom is -0.492 e. The molecule has 0 spiro atoms. The van der Waals surface area contributed by atoms with Crippen molar-refractivity contribution in [3.05, 3.63) is 59.9 Å². The molecule has 0 aromatic carbocycles. The van der Waals surface area contributed by atoms with E-state index in [0.717, 1.165) is 35.3 Å². The summed E-state index contributed by atoms with van der Waals surface area (Å²) in [5, 5.41) is 7.41. The number of nitrogens with one attached hydrogen (secondary N) is 1. The minimum atomic E-state index is -0.114. The van der Waals surface area contributed by atoms with Gasteiger partial charge in [0.25, 0.3) is 0 Å². The number of amidine groups is 1. The van der Waals surface area contributed by atoms with Gasteiger partial charge in [-0.2, -0.15) is 0 Å². The number of nitrogen functional groups attached to an aromatic ring is 1. The molecule has 1 aliphatic carbocycles. The van der Waals surface area contributed by atoms with Crippen molar-refractivity contribution in [3.63, 3.8) is 0 Å². The lowest BCUT2D eigenvalue weighted by molar-refractivity contribution is 0.171. The second-order valence-electron chi connectivity index (χ2n) is 6.46. The normalized spacial score (nSPS) is 14.2. The molecule has 1 fully saturated rings. The van der Waals surface area contributed by atoms with Crippen LogP contribution < -0.4 is 10.5 Å². The van der Waals surface area contributed by atoms with E-state index in [1.54, 1.807) is 25.6 Å². The fraction of sp³-hybridized carbons (Fsp3) is 0.300. The standard InChI is InChI=1S/C20H22N4O2/c1-4-17(25-3)20(7-8-20)12-26-18-9-13(2)15(11-24-18)14-5-6-16(19(21)22)23-10-14/h5-6,9-11H,1,7-8,12H2,2-3H3,(H3,21,22). The van der Waals surface area contributed by atoms with Crippen molar-refractivity contribution in [2.75, 3.05) is 13.7 Å². The van der Waals surface area contributed by atoms with Crippen molar-refractivity contribution < 1.29 is 9.47 Å². The van der Waals surface area contributed by atoms with Crippen LogP contribution >= 0.6 is 0 Å². The third-order valence-electron chi connectivity index (χ3n) is 4.63. The predicted molar refractivity (Wildman–Crippen MR) is 100 cm³/mol. The molecule has 2 heterocycles. The fourth-order valence-electron chi connectivity index (χ4n) is 2.90. The molecule has 3 rings (SSSR count). The molecule has 0 amide bonds. The van der Waals surface area contributed by atoms with E-state index in [2.05, 4.69) is 22.3 Å². The summed E-state index contributed by atoms with van der Waals surface area (Å²) in [6, 6.07) is 5.52. The molecular formula is C20H22N4O2. The average molecular weight is 350 g/mol. The monoisotopic (exact) mass is 350 g/mol. The van der Waals surface area contributed by atoms with Gasteiger partial charge in [0, 0.05) is 29.6 Å². The Balaban J connectivity index is 1.74. The molecule has 0 atom stereocenters. The molecule has 2 aromatic heterocycles. The summed E-state index contributed by atoms with van der Waals surface area (Å²) in [4.78, 5) is 8.61. The van der Waals surface area contributed by atoms with Gasteiger partial charge in [-0.05, 0) is 31.4 Å². The number of hydrogen-bond acceptors (Lipinski definition) is 5. The van der Waals surface area contributed by atoms with Crippen LogP contribution in [-0.2, 0) is 4.74 Å². The van der Waals surface area contributed by atoms with Crippen LogP contribution in [0, 0.1) is 17.7 Å². The van der Waals surface area contributed by atoms with Gasteiger partial charge in [0.05, 0.1) is 12.5 Å². The molecule has 134 valence electrons. The van der Waals surface area contributed by atoms with E-state index in [1.165, 1.54) is 0 Å². The van der Waals surface area contributed by atoms with Gasteiger partial charge in [-0.25, -0.2) is 4.98 Å². The number of nitrogens with two attached hydrogens (primary N) is 1. The number of ether oxygens (including phenoxy) is 2. The first-order valence-corrected chi connectivity index (χ1v) is 8.34. The van der Waals surface area contributed by atoms with E-state index in [9.17, 15) is 0 Å². The number of rotatable bonds is 7. The van der Waals surface area contributed by atoms with Crippen molar-refractivity contribution in [3.8, 4) is 17.0 Å². The first-order chi connectivity index (χ1) is 12.5. The van der Waals surface area contributed by atoms with Crippen LogP contribution in [0.1, 0.15) is 24.1 Å². The van der Waals surface area contributed by atoms with Crippen molar-refractivity contribution in [1.29, 1.82) is 5.41 Å². The number of aryl methyl sites for hydroxylation is 1. The quantitative estimate of drug-likeness (QED) is 0.346. The highest BCUT2D eigenvalue weighted by molar-refractivity contribution is 5.93. The van der Waals surface area contributed by atoms with Gasteiger partial charge in [0.2, 0.25) is 5.88 Å². The number of pyridine rings is 2. The first-order valence-electron chi connectivity index (χ1n) is 8.34. The molecule has 1 saturated carbocycles. The maximum atomic E-state index is 7.41. The summed E-state index contributed by atoms with van der Waals surface area (Å²) in [5.41, 5.74) is 11.6. The van der Waals surface area contributed by atoms with Crippen LogP contribution in [0.4, 0.5) is 0 Å². The summed E-state index contributed by atoms with van der Waals surface area (Å²) in [5.74, 6) is 1.28. The van der Waals surface area contributed by atoms with Gasteiger partial charge in [0.1, 0.15) is 23.9 Å². The molecule has 26 heavy (non-hydrogen) atoms. The Bertz CT molecular complexity index is 879. The van der Waals surface area contributed by atoms with Crippen LogP contribution in [-0.4, -0.2) is 29.5 Å². The Hall–Kier alpha value is -3.11. The second-order valence-corrected chi connectivity index (χ2v) is 6.46. The Morgan fingerprint density at radius 3 is 2.62 bits per heavy atom. The topological polar surface area (TPSA) is 94.1 Å². The molecule has 3 N–H and O–H groups in total. The molecule has 0 bridgehead atoms. The highest BCUT2D eigenvalue weighted by Gasteiger charge is 2.48. The van der Waals surface area contributed by atoms with Crippen molar-refractivity contribution in [1.82, 2.24) is 9.97 Å². The zero-order valence-corrected chi connectivity index (χ0v) is 15.0. The molecule has 6 heteroatoms. The van der Waals surface area contributed by atoms with Gasteiger partial charge in [-0.15, -0.1) is 0 Å². The fourth-order valence-corrected chi connectivity index (χ4v) is 2.90. The summed E-state index contributed by atoms with van der Waals surface area (Å²) in [6.45, 7) is 6.18. The van der Waals surface area contributed by atoms with Crippen LogP contribution in [0.2, 0.25) is 0 Å². The molecule has 6 nitrogen and oxygen atoms in total. The zero-order chi connectivity index (χ0) is 18.7. The van der Waals surface area contributed by atoms with E-state index >= 15 is 0 Å². The molecule has 2 aromatic rings. The minimum absolute atomic E-state index is 0.0480. The number of aromatic nitrogens is 2. The van der Waals surface area contributed by atoms with Gasteiger partial charge < -0.3 is 15.2 Å². The molecule has 1 aliphatic rings. The highest BCUT2D eigenvalue weighted by atomic mass is 16.5. The molecule has 0 unspecified atom stereocenters. The lowest BCUT2D eigenvalue weighted by Crippen LogP contribution is -2.17. The third-order valence-corrected chi connectivity index (χ3v) is 4.63. The molecular weight excluding hydrogens is 328 g/mol. The van der Waals surface area contributed by atoms with Crippen molar-refractivity contribution in [2.24, 2.45) is 11.1 Å². The number of methoxy groups -OCH3 is 1. The molecule has 0 saturated heterocycles. The van der Waals surface area contributed by atoms with Gasteiger partial charge in [0.15, 0.2) is 0 Å². The van der Waals surface area contributed by atoms with E-state index in [-0.39, 0.29) is 11.3 Å². The maximum Gasteiger partial charge on any atom is 0.213 e. The summed E-state index contributed by atoms with van der Waals surface area (Å²) in [7, 11) is 1.64. The molecule has 0 radical (unpaired) electrons. The third kappa shape index (κ3) is 3.46. The number of nitrogens with zero attached hydrogens (tertiary/aromatic N) is 2. The largest absolute Gasteiger partial charge is 0.492 e. The van der Waals surface area contributed by atoms with Crippen LogP contribution in [0.25, 0.3) is 11.1 Å². The summed E-state index contributed by atoms with van der Waals surface area (Å²) in [6.07, 6.45) is 5.48. The van der Waals surface area contributed by atoms with Crippen LogP contribution in [0.3, 0.4) is 0 Å². The summed E-state index contributed by atoms with van der Waals surface area (Å²) < 4.78 is 11.3. The van der Waals surface area contributed by atoms with E-state index in [1.807, 2.05) is 19.1 Å². The Labute approximate surface area is 152 Å². The van der Waals surface area contributed by atoms with Crippen LogP contribution in [0.5, 0.6) is 5.88 Å². The smallest absolute Gasteiger partial charge is 0.213 e. The zero-order valence-electron chi connectivity index (χ0n) is 15.0. The SMILES string of the molecule is C=C=C(OC)C1(COc2cc(C)c(-c3ccc(C(=N)N)nc3)cn2)CC1. The Morgan fingerprint density at radius 1 is 1.35 bits per heavy atom. The van der Waals surface area contributed by atoms with E-state index in [0.29, 0.717) is 18.2 Å². The van der Waals surface area contributed by atoms with Crippen molar-refractivity contribution >= 4 is 5.84 Å². The van der Waals surface area contributed by atoms with Crippen molar-refractivity contribution in [2.45, 2.75) is 19.8 Å². The van der Waals surface area contributed by atoms with E-state index < -0.39 is 0 Å². The lowest BCUT2D eigenvalue weighted by atomic mass is 10.0. The highest BCUT2D eigenvalue weighted by Crippen LogP contribution is 2.51. The Kier molecular flexibility index (Phi) is 4.78. The first kappa shape index (κ1) is 17.7. The average Bonchev–Trinajstić information content (AvgIpc) is 3.42. The second kappa shape index (κ2) is 7.02. The van der Waals surface area contributed by atoms with Crippen LogP contribution in [0.15, 0.2) is 48.7 Å². The molecule has 0 aliphatic heterocycles. The van der Waals surface area contributed by atoms with Gasteiger partial charge >= 0.3 is 0 Å². The van der Waals surface area contributed by atoms with E-state index in [4.69, 9.17) is 20.6 Å². The van der Waals surface area contributed by atoms with Gasteiger partial charge in [-0.3, -0.25) is 10.4 Å². The maximum absolute atomic E-state index is 7.41. The van der Waals surface area contributed by atoms with Gasteiger partial charge in [-0.1, -0.05) is 18.4 Å². The Morgan fingerprint density at radius 2 is 2.12 bits per heavy atom.